The van der Waals surface area contributed by atoms with E-state index in [4.69, 9.17) is 0 Å². The second-order valence-electron chi connectivity index (χ2n) is 7.33. The molecule has 0 atom stereocenters. The molecule has 0 saturated carbocycles. The highest BCUT2D eigenvalue weighted by Gasteiger charge is 2.30. The van der Waals surface area contributed by atoms with Crippen molar-refractivity contribution in [3.8, 4) is 11.8 Å². The Morgan fingerprint density at radius 2 is 1.77 bits per heavy atom. The number of hydrogen-bond donors (Lipinski definition) is 2. The van der Waals surface area contributed by atoms with Crippen molar-refractivity contribution in [1.82, 2.24) is 24.6 Å². The van der Waals surface area contributed by atoms with Gasteiger partial charge in [-0.25, -0.2) is 15.0 Å². The number of fused-ring (bicyclic) bond motifs is 1. The Balaban J connectivity index is 1.60. The van der Waals surface area contributed by atoms with Gasteiger partial charge >= 0.3 is 6.18 Å². The molecule has 9 nitrogen and oxygen atoms in total. The number of nitrogens with zero attached hydrogens (tertiary/aromatic N) is 5. The summed E-state index contributed by atoms with van der Waals surface area (Å²) in [7, 11) is 0. The summed E-state index contributed by atoms with van der Waals surface area (Å²) in [5.74, 6) is 4.91. The summed E-state index contributed by atoms with van der Waals surface area (Å²) >= 11 is 0. The molecule has 4 aromatic rings. The van der Waals surface area contributed by atoms with E-state index in [2.05, 4.69) is 42.5 Å². The molecule has 3 aromatic heterocycles. The summed E-state index contributed by atoms with van der Waals surface area (Å²) in [5, 5.41) is 9.06. The second kappa shape index (κ2) is 9.22. The lowest BCUT2D eigenvalue weighted by Gasteiger charge is -2.09. The number of halogens is 3. The van der Waals surface area contributed by atoms with Crippen LogP contribution in [0, 0.1) is 18.8 Å². The molecule has 0 aliphatic heterocycles. The van der Waals surface area contributed by atoms with Gasteiger partial charge in [-0.1, -0.05) is 17.9 Å². The molecular formula is C23H16F3N7O2. The van der Waals surface area contributed by atoms with Gasteiger partial charge in [0.25, 0.3) is 5.91 Å². The van der Waals surface area contributed by atoms with Gasteiger partial charge in [-0.05, 0) is 36.8 Å². The molecule has 2 amide bonds. The lowest BCUT2D eigenvalue weighted by atomic mass is 10.0. The van der Waals surface area contributed by atoms with Gasteiger partial charge in [0.2, 0.25) is 11.9 Å². The van der Waals surface area contributed by atoms with E-state index < -0.39 is 17.6 Å². The Hall–Kier alpha value is -4.79. The van der Waals surface area contributed by atoms with Crippen molar-refractivity contribution < 1.29 is 22.8 Å². The maximum absolute atomic E-state index is 12.9. The van der Waals surface area contributed by atoms with Crippen LogP contribution in [-0.2, 0) is 11.0 Å². The molecule has 0 saturated heterocycles. The van der Waals surface area contributed by atoms with Crippen LogP contribution in [0.25, 0.3) is 5.65 Å². The molecule has 0 aliphatic rings. The van der Waals surface area contributed by atoms with Crippen LogP contribution >= 0.6 is 0 Å². The van der Waals surface area contributed by atoms with Crippen LogP contribution in [0.1, 0.15) is 39.5 Å². The molecule has 0 aliphatic carbocycles. The number of aryl methyl sites for hydroxylation is 1. The third-order valence-corrected chi connectivity index (χ3v) is 4.75. The molecule has 0 fully saturated rings. The summed E-state index contributed by atoms with van der Waals surface area (Å²) < 4.78 is 40.1. The Kier molecular flexibility index (Phi) is 6.16. The molecule has 0 unspecified atom stereocenters. The number of benzene rings is 1. The highest BCUT2D eigenvalue weighted by atomic mass is 19.4. The number of hydrogen-bond acceptors (Lipinski definition) is 6. The normalized spacial score (nSPS) is 11.0. The van der Waals surface area contributed by atoms with Crippen molar-refractivity contribution in [2.24, 2.45) is 0 Å². The molecule has 12 heteroatoms. The number of anilines is 2. The smallest absolute Gasteiger partial charge is 0.307 e. The molecule has 4 rings (SSSR count). The topological polar surface area (TPSA) is 114 Å². The lowest BCUT2D eigenvalue weighted by Crippen LogP contribution is -2.14. The second-order valence-corrected chi connectivity index (χ2v) is 7.33. The molecule has 2 N–H and O–H groups in total. The minimum absolute atomic E-state index is 0.189. The van der Waals surface area contributed by atoms with Crippen LogP contribution in [0.4, 0.5) is 24.9 Å². The zero-order valence-corrected chi connectivity index (χ0v) is 18.3. The fraction of sp³-hybridized carbons (Fsp3) is 0.130. The molecular weight excluding hydrogens is 463 g/mol. The number of amides is 2. The van der Waals surface area contributed by atoms with Gasteiger partial charge in [0.15, 0.2) is 5.65 Å². The molecule has 35 heavy (non-hydrogen) atoms. The number of alkyl halides is 3. The number of aromatic nitrogens is 5. The third-order valence-electron chi connectivity index (χ3n) is 4.75. The predicted octanol–water partition coefficient (Wildman–Crippen LogP) is 3.46. The highest BCUT2D eigenvalue weighted by molar-refractivity contribution is 6.04. The van der Waals surface area contributed by atoms with E-state index in [1.807, 2.05) is 0 Å². The van der Waals surface area contributed by atoms with Gasteiger partial charge in [-0.3, -0.25) is 14.9 Å². The Labute approximate surface area is 196 Å². The van der Waals surface area contributed by atoms with Gasteiger partial charge in [0.1, 0.15) is 12.1 Å². The Morgan fingerprint density at radius 3 is 2.51 bits per heavy atom. The number of carbonyl (C=O) groups is 2. The van der Waals surface area contributed by atoms with E-state index in [1.54, 1.807) is 13.0 Å². The minimum atomic E-state index is -4.55. The van der Waals surface area contributed by atoms with Gasteiger partial charge in [-0.2, -0.15) is 22.8 Å². The minimum Gasteiger partial charge on any atom is -0.307 e. The van der Waals surface area contributed by atoms with E-state index in [0.29, 0.717) is 16.8 Å². The largest absolute Gasteiger partial charge is 0.416 e. The zero-order chi connectivity index (χ0) is 25.2. The molecule has 0 bridgehead atoms. The van der Waals surface area contributed by atoms with Gasteiger partial charge < -0.3 is 5.32 Å². The van der Waals surface area contributed by atoms with E-state index in [0.717, 1.165) is 23.9 Å². The highest BCUT2D eigenvalue weighted by Crippen LogP contribution is 2.30. The summed E-state index contributed by atoms with van der Waals surface area (Å²) in [6.07, 6.45) is -0.846. The van der Waals surface area contributed by atoms with Crippen molar-refractivity contribution in [3.05, 3.63) is 76.9 Å². The standard InChI is InChI=1S/C23H16F3N7O2/c1-13-3-4-16(21(35)32-19-10-18(7-8-27-19)23(24,25)26)9-15(13)5-6-17-11-30-33-20(17)28-12-29-22(33)31-14(2)34/h3-4,7-12H,1-2H3,(H,27,32,35)(H,28,29,31,34). The summed E-state index contributed by atoms with van der Waals surface area (Å²) in [5.41, 5.74) is 1.40. The van der Waals surface area contributed by atoms with Crippen molar-refractivity contribution >= 4 is 29.2 Å². The first-order chi connectivity index (χ1) is 16.6. The maximum atomic E-state index is 12.9. The summed E-state index contributed by atoms with van der Waals surface area (Å²) in [6, 6.07) is 6.31. The lowest BCUT2D eigenvalue weighted by molar-refractivity contribution is -0.137. The Morgan fingerprint density at radius 1 is 1.00 bits per heavy atom. The van der Waals surface area contributed by atoms with Crippen LogP contribution in [0.3, 0.4) is 0 Å². The molecule has 0 radical (unpaired) electrons. The van der Waals surface area contributed by atoms with E-state index in [-0.39, 0.29) is 23.2 Å². The fourth-order valence-electron chi connectivity index (χ4n) is 3.04. The summed E-state index contributed by atoms with van der Waals surface area (Å²) in [4.78, 5) is 35.9. The first kappa shape index (κ1) is 23.4. The van der Waals surface area contributed by atoms with Crippen LogP contribution < -0.4 is 10.6 Å². The summed E-state index contributed by atoms with van der Waals surface area (Å²) in [6.45, 7) is 3.14. The molecule has 3 heterocycles. The van der Waals surface area contributed by atoms with Gasteiger partial charge in [0, 0.05) is 24.2 Å². The first-order valence-electron chi connectivity index (χ1n) is 10.1. The fourth-order valence-corrected chi connectivity index (χ4v) is 3.04. The van der Waals surface area contributed by atoms with Crippen molar-refractivity contribution in [2.75, 3.05) is 10.6 Å². The van der Waals surface area contributed by atoms with Crippen LogP contribution in [-0.4, -0.2) is 36.4 Å². The van der Waals surface area contributed by atoms with Gasteiger partial charge in [-0.15, -0.1) is 0 Å². The van der Waals surface area contributed by atoms with E-state index in [1.165, 1.54) is 36.1 Å². The first-order valence-corrected chi connectivity index (χ1v) is 10.1. The van der Waals surface area contributed by atoms with Crippen molar-refractivity contribution in [1.29, 1.82) is 0 Å². The SMILES string of the molecule is CC(=O)Nc1ncnc2c(C#Cc3cc(C(=O)Nc4cc(C(F)(F)F)ccn4)ccc3C)cnn12. The van der Waals surface area contributed by atoms with E-state index in [9.17, 15) is 22.8 Å². The molecule has 0 spiro atoms. The Bertz CT molecular complexity index is 1520. The number of carbonyl (C=O) groups excluding carboxylic acids is 2. The van der Waals surface area contributed by atoms with Crippen molar-refractivity contribution in [3.63, 3.8) is 0 Å². The van der Waals surface area contributed by atoms with E-state index >= 15 is 0 Å². The predicted molar refractivity (Wildman–Crippen MR) is 119 cm³/mol. The average molecular weight is 479 g/mol. The number of rotatable bonds is 3. The van der Waals surface area contributed by atoms with Crippen LogP contribution in [0.2, 0.25) is 0 Å². The van der Waals surface area contributed by atoms with Gasteiger partial charge in [0.05, 0.1) is 17.3 Å². The quantitative estimate of drug-likeness (QED) is 0.435. The monoisotopic (exact) mass is 479 g/mol. The molecule has 176 valence electrons. The van der Waals surface area contributed by atoms with Crippen molar-refractivity contribution in [2.45, 2.75) is 20.0 Å². The number of pyridine rings is 1. The number of nitrogens with one attached hydrogen (secondary N) is 2. The average Bonchev–Trinajstić information content (AvgIpc) is 3.22. The zero-order valence-electron chi connectivity index (χ0n) is 18.3. The van der Waals surface area contributed by atoms with Crippen LogP contribution in [0.5, 0.6) is 0 Å². The molecule has 1 aromatic carbocycles. The van der Waals surface area contributed by atoms with Crippen LogP contribution in [0.15, 0.2) is 49.1 Å². The maximum Gasteiger partial charge on any atom is 0.416 e. The third kappa shape index (κ3) is 5.25.